The van der Waals surface area contributed by atoms with Crippen molar-refractivity contribution in [2.24, 2.45) is 17.6 Å². The summed E-state index contributed by atoms with van der Waals surface area (Å²) >= 11 is 0. The molecule has 0 spiro atoms. The fraction of sp³-hybridized carbons (Fsp3) is 0.533. The fourth-order valence-corrected chi connectivity index (χ4v) is 2.19. The number of carbonyl (C=O) groups is 1. The number of amides is 1. The van der Waals surface area contributed by atoms with Gasteiger partial charge in [0.05, 0.1) is 11.6 Å². The number of rotatable bonds is 5. The molecular formula is C15H24N2O2. The van der Waals surface area contributed by atoms with E-state index in [1.165, 1.54) is 0 Å². The number of nitrogens with two attached hydrogens (primary N) is 1. The second-order valence-corrected chi connectivity index (χ2v) is 5.14. The molecule has 0 saturated carbocycles. The monoisotopic (exact) mass is 264 g/mol. The van der Waals surface area contributed by atoms with Crippen molar-refractivity contribution in [2.45, 2.75) is 27.7 Å². The maximum atomic E-state index is 12.6. The minimum absolute atomic E-state index is 0.0219. The molecule has 0 aliphatic rings. The molecule has 0 bridgehead atoms. The Balaban J connectivity index is 3.12. The van der Waals surface area contributed by atoms with Crippen LogP contribution in [0.5, 0.6) is 5.75 Å². The molecule has 0 fully saturated rings. The molecular weight excluding hydrogens is 240 g/mol. The van der Waals surface area contributed by atoms with Crippen LogP contribution in [0.4, 0.5) is 5.69 Å². The molecule has 1 aromatic rings. The molecule has 0 aliphatic heterocycles. The molecule has 4 nitrogen and oxygen atoms in total. The number of aryl methyl sites for hydroxylation is 1. The summed E-state index contributed by atoms with van der Waals surface area (Å²) in [5.74, 6) is 0.195. The van der Waals surface area contributed by atoms with Crippen LogP contribution in [0.1, 0.15) is 26.3 Å². The van der Waals surface area contributed by atoms with Crippen LogP contribution in [-0.4, -0.2) is 24.1 Å². The maximum Gasteiger partial charge on any atom is 0.231 e. The van der Waals surface area contributed by atoms with Crippen LogP contribution in [0, 0.1) is 18.8 Å². The zero-order valence-corrected chi connectivity index (χ0v) is 12.2. The van der Waals surface area contributed by atoms with Crippen LogP contribution in [0.3, 0.4) is 0 Å². The number of phenolic OH excluding ortho intramolecular Hbond substituents is 1. The first-order chi connectivity index (χ1) is 8.92. The van der Waals surface area contributed by atoms with Crippen LogP contribution < -0.4 is 10.6 Å². The molecule has 1 unspecified atom stereocenters. The molecule has 3 N–H and O–H groups in total. The van der Waals surface area contributed by atoms with Gasteiger partial charge < -0.3 is 15.7 Å². The van der Waals surface area contributed by atoms with E-state index in [9.17, 15) is 9.90 Å². The standard InChI is InChI=1S/C15H24N2O2/c1-5-17(15(19)13(9-16)10(2)3)14-8-12(18)7-6-11(14)4/h6-8,10,13,18H,5,9,16H2,1-4H3. The largest absolute Gasteiger partial charge is 0.508 e. The van der Waals surface area contributed by atoms with Gasteiger partial charge in [-0.05, 0) is 31.4 Å². The van der Waals surface area contributed by atoms with Gasteiger partial charge in [0.15, 0.2) is 0 Å². The van der Waals surface area contributed by atoms with Gasteiger partial charge >= 0.3 is 0 Å². The van der Waals surface area contributed by atoms with Gasteiger partial charge in [0, 0.05) is 19.2 Å². The molecule has 19 heavy (non-hydrogen) atoms. The second-order valence-electron chi connectivity index (χ2n) is 5.14. The number of carbonyl (C=O) groups excluding carboxylic acids is 1. The van der Waals surface area contributed by atoms with Crippen molar-refractivity contribution in [3.05, 3.63) is 23.8 Å². The quantitative estimate of drug-likeness (QED) is 0.857. The summed E-state index contributed by atoms with van der Waals surface area (Å²) in [5, 5.41) is 9.61. The number of hydrogen-bond donors (Lipinski definition) is 2. The van der Waals surface area contributed by atoms with Crippen LogP contribution in [0.25, 0.3) is 0 Å². The Bertz CT molecular complexity index is 444. The number of benzene rings is 1. The Morgan fingerprint density at radius 3 is 2.53 bits per heavy atom. The van der Waals surface area contributed by atoms with Gasteiger partial charge in [-0.1, -0.05) is 19.9 Å². The maximum absolute atomic E-state index is 12.6. The second kappa shape index (κ2) is 6.57. The molecule has 1 amide bonds. The SMILES string of the molecule is CCN(C(=O)C(CN)C(C)C)c1cc(O)ccc1C. The molecule has 106 valence electrons. The average Bonchev–Trinajstić information content (AvgIpc) is 2.35. The Morgan fingerprint density at radius 1 is 1.42 bits per heavy atom. The first kappa shape index (κ1) is 15.5. The fourth-order valence-electron chi connectivity index (χ4n) is 2.19. The van der Waals surface area contributed by atoms with E-state index in [-0.39, 0.29) is 23.5 Å². The van der Waals surface area contributed by atoms with Gasteiger partial charge in [0.1, 0.15) is 5.75 Å². The topological polar surface area (TPSA) is 66.6 Å². The highest BCUT2D eigenvalue weighted by atomic mass is 16.3. The van der Waals surface area contributed by atoms with E-state index >= 15 is 0 Å². The first-order valence-electron chi connectivity index (χ1n) is 6.73. The van der Waals surface area contributed by atoms with Crippen LogP contribution in [0.15, 0.2) is 18.2 Å². The Hall–Kier alpha value is -1.55. The molecule has 0 saturated heterocycles. The van der Waals surface area contributed by atoms with Crippen LogP contribution in [0.2, 0.25) is 0 Å². The predicted molar refractivity (Wildman–Crippen MR) is 78.3 cm³/mol. The van der Waals surface area contributed by atoms with Crippen LogP contribution >= 0.6 is 0 Å². The highest BCUT2D eigenvalue weighted by Gasteiger charge is 2.26. The number of aromatic hydroxyl groups is 1. The number of phenols is 1. The third-order valence-electron chi connectivity index (χ3n) is 3.44. The van der Waals surface area contributed by atoms with Gasteiger partial charge in [0.25, 0.3) is 0 Å². The summed E-state index contributed by atoms with van der Waals surface area (Å²) < 4.78 is 0. The minimum Gasteiger partial charge on any atom is -0.508 e. The lowest BCUT2D eigenvalue weighted by Gasteiger charge is -2.29. The summed E-state index contributed by atoms with van der Waals surface area (Å²) in [6.45, 7) is 8.75. The van der Waals surface area contributed by atoms with Crippen molar-refractivity contribution < 1.29 is 9.90 Å². The highest BCUT2D eigenvalue weighted by molar-refractivity contribution is 5.96. The molecule has 0 radical (unpaired) electrons. The minimum atomic E-state index is -0.193. The Kier molecular flexibility index (Phi) is 5.36. The summed E-state index contributed by atoms with van der Waals surface area (Å²) in [6, 6.07) is 5.07. The zero-order valence-electron chi connectivity index (χ0n) is 12.2. The third kappa shape index (κ3) is 3.47. The van der Waals surface area contributed by atoms with Crippen LogP contribution in [-0.2, 0) is 4.79 Å². The number of hydrogen-bond acceptors (Lipinski definition) is 3. The van der Waals surface area contributed by atoms with Crippen molar-refractivity contribution in [3.8, 4) is 5.75 Å². The highest BCUT2D eigenvalue weighted by Crippen LogP contribution is 2.27. The van der Waals surface area contributed by atoms with E-state index in [4.69, 9.17) is 5.73 Å². The molecule has 1 rings (SSSR count). The summed E-state index contributed by atoms with van der Waals surface area (Å²) in [7, 11) is 0. The van der Waals surface area contributed by atoms with Crippen molar-refractivity contribution >= 4 is 11.6 Å². The summed E-state index contributed by atoms with van der Waals surface area (Å²) in [4.78, 5) is 14.3. The van der Waals surface area contributed by atoms with E-state index in [0.717, 1.165) is 11.3 Å². The van der Waals surface area contributed by atoms with E-state index in [0.29, 0.717) is 13.1 Å². The Labute approximate surface area is 115 Å². The van der Waals surface area contributed by atoms with Crippen molar-refractivity contribution in [3.63, 3.8) is 0 Å². The summed E-state index contributed by atoms with van der Waals surface area (Å²) in [5.41, 5.74) is 7.44. The van der Waals surface area contributed by atoms with Gasteiger partial charge in [-0.15, -0.1) is 0 Å². The molecule has 0 aromatic heterocycles. The van der Waals surface area contributed by atoms with E-state index in [1.54, 1.807) is 17.0 Å². The molecule has 1 aromatic carbocycles. The molecule has 0 heterocycles. The third-order valence-corrected chi connectivity index (χ3v) is 3.44. The Morgan fingerprint density at radius 2 is 2.05 bits per heavy atom. The van der Waals surface area contributed by atoms with Gasteiger partial charge in [0.2, 0.25) is 5.91 Å². The zero-order chi connectivity index (χ0) is 14.6. The van der Waals surface area contributed by atoms with Crippen molar-refractivity contribution in [1.29, 1.82) is 0 Å². The lowest BCUT2D eigenvalue weighted by Crippen LogP contribution is -2.41. The van der Waals surface area contributed by atoms with E-state index < -0.39 is 0 Å². The van der Waals surface area contributed by atoms with E-state index in [2.05, 4.69) is 0 Å². The molecule has 4 heteroatoms. The number of nitrogens with zero attached hydrogens (tertiary/aromatic N) is 1. The van der Waals surface area contributed by atoms with Gasteiger partial charge in [-0.25, -0.2) is 0 Å². The van der Waals surface area contributed by atoms with Crippen molar-refractivity contribution in [1.82, 2.24) is 0 Å². The smallest absolute Gasteiger partial charge is 0.231 e. The summed E-state index contributed by atoms with van der Waals surface area (Å²) in [6.07, 6.45) is 0. The predicted octanol–water partition coefficient (Wildman–Crippen LogP) is 2.28. The van der Waals surface area contributed by atoms with E-state index in [1.807, 2.05) is 33.8 Å². The normalized spacial score (nSPS) is 12.5. The van der Waals surface area contributed by atoms with Gasteiger partial charge in [-0.2, -0.15) is 0 Å². The lowest BCUT2D eigenvalue weighted by atomic mass is 9.94. The lowest BCUT2D eigenvalue weighted by molar-refractivity contribution is -0.123. The van der Waals surface area contributed by atoms with Gasteiger partial charge in [-0.3, -0.25) is 4.79 Å². The molecule has 1 atom stereocenters. The number of anilines is 1. The molecule has 0 aliphatic carbocycles. The average molecular weight is 264 g/mol. The van der Waals surface area contributed by atoms with Crippen molar-refractivity contribution in [2.75, 3.05) is 18.0 Å². The first-order valence-corrected chi connectivity index (χ1v) is 6.73.